The van der Waals surface area contributed by atoms with E-state index in [2.05, 4.69) is 14.8 Å². The molecule has 1 unspecified atom stereocenters. The number of hydrogen-bond acceptors (Lipinski definition) is 8. The third-order valence-corrected chi connectivity index (χ3v) is 11.3. The fourth-order valence-corrected chi connectivity index (χ4v) is 9.58. The molecule has 2 aromatic heterocycles. The molecule has 3 saturated heterocycles. The van der Waals surface area contributed by atoms with Crippen molar-refractivity contribution in [1.82, 2.24) is 28.7 Å². The van der Waals surface area contributed by atoms with Crippen LogP contribution in [0.15, 0.2) is 52.7 Å². The first-order valence-corrected chi connectivity index (χ1v) is 16.5. The van der Waals surface area contributed by atoms with E-state index in [1.165, 1.54) is 33.8 Å². The average molecular weight is 654 g/mol. The van der Waals surface area contributed by atoms with Crippen LogP contribution in [0.3, 0.4) is 0 Å². The second-order valence-corrected chi connectivity index (χ2v) is 14.1. The Hall–Kier alpha value is -2.82. The predicted molar refractivity (Wildman–Crippen MR) is 154 cm³/mol. The van der Waals surface area contributed by atoms with E-state index in [9.17, 15) is 26.7 Å². The fourth-order valence-electron chi connectivity index (χ4n) is 6.80. The highest BCUT2D eigenvalue weighted by molar-refractivity contribution is 7.87. The van der Waals surface area contributed by atoms with E-state index in [1.807, 2.05) is 4.90 Å². The first kappa shape index (κ1) is 28.9. The lowest BCUT2D eigenvalue weighted by molar-refractivity contribution is 0.0564. The number of piperidine rings is 1. The van der Waals surface area contributed by atoms with Gasteiger partial charge in [0.15, 0.2) is 10.8 Å². The molecular formula is C27H27ClF3N7O3S2. The normalized spacial score (nSPS) is 27.7. The van der Waals surface area contributed by atoms with Gasteiger partial charge in [0, 0.05) is 70.7 Å². The van der Waals surface area contributed by atoms with Gasteiger partial charge in [-0.15, -0.1) is 11.3 Å². The molecule has 10 nitrogen and oxygen atoms in total. The number of amidine groups is 1. The highest BCUT2D eigenvalue weighted by Gasteiger charge is 2.48. The van der Waals surface area contributed by atoms with Crippen LogP contribution in [0, 0.1) is 5.82 Å². The van der Waals surface area contributed by atoms with E-state index < -0.39 is 40.8 Å². The molecular weight excluding hydrogens is 627 g/mol. The van der Waals surface area contributed by atoms with E-state index >= 15 is 0 Å². The zero-order valence-corrected chi connectivity index (χ0v) is 24.9. The van der Waals surface area contributed by atoms with Crippen molar-refractivity contribution in [2.24, 2.45) is 4.99 Å². The largest absolute Gasteiger partial charge is 0.393 e. The summed E-state index contributed by atoms with van der Waals surface area (Å²) in [7, 11) is -3.92. The molecule has 0 radical (unpaired) electrons. The van der Waals surface area contributed by atoms with Crippen molar-refractivity contribution >= 4 is 44.6 Å². The molecule has 16 heteroatoms. The minimum absolute atomic E-state index is 0.102. The summed E-state index contributed by atoms with van der Waals surface area (Å²) in [4.78, 5) is 11.3. The van der Waals surface area contributed by atoms with Gasteiger partial charge < -0.3 is 10.0 Å². The molecule has 4 aliphatic rings. The van der Waals surface area contributed by atoms with Crippen molar-refractivity contribution in [2.45, 2.75) is 68.9 Å². The lowest BCUT2D eigenvalue weighted by atomic mass is 9.92. The number of aliphatic hydroxyl groups excluding tert-OH is 1. The van der Waals surface area contributed by atoms with Crippen LogP contribution in [0.4, 0.5) is 13.2 Å². The third-order valence-electron chi connectivity index (χ3n) is 8.46. The van der Waals surface area contributed by atoms with Crippen LogP contribution < -0.4 is 4.72 Å². The summed E-state index contributed by atoms with van der Waals surface area (Å²) in [5.74, 6) is -0.0728. The topological polar surface area (TPSA) is 116 Å². The number of alkyl halides is 2. The Balaban J connectivity index is 1.31. The zero-order valence-electron chi connectivity index (χ0n) is 22.5. The molecule has 4 aliphatic heterocycles. The number of rotatable bonds is 7. The molecule has 228 valence electrons. The molecule has 0 saturated carbocycles. The molecule has 6 heterocycles. The molecule has 3 fully saturated rings. The molecule has 1 aromatic carbocycles. The molecule has 7 rings (SSSR count). The molecule has 0 spiro atoms. The lowest BCUT2D eigenvalue weighted by Gasteiger charge is -2.36. The molecule has 0 aliphatic carbocycles. The van der Waals surface area contributed by atoms with Crippen LogP contribution in [-0.4, -0.2) is 74.1 Å². The number of aliphatic imine (C=N–C) groups is 1. The first-order valence-electron chi connectivity index (χ1n) is 13.8. The molecule has 43 heavy (non-hydrogen) atoms. The Labute approximate surface area is 254 Å². The number of thiazole rings is 1. The van der Waals surface area contributed by atoms with E-state index in [4.69, 9.17) is 16.6 Å². The lowest BCUT2D eigenvalue weighted by Crippen LogP contribution is -2.54. The van der Waals surface area contributed by atoms with Crippen molar-refractivity contribution in [3.05, 3.63) is 74.8 Å². The number of fused-ring (bicyclic) bond motifs is 3. The van der Waals surface area contributed by atoms with E-state index in [0.29, 0.717) is 58.0 Å². The van der Waals surface area contributed by atoms with E-state index in [-0.39, 0.29) is 35.8 Å². The number of aliphatic hydroxyl groups is 1. The monoisotopic (exact) mass is 653 g/mol. The Morgan fingerprint density at radius 2 is 1.93 bits per heavy atom. The second-order valence-electron chi connectivity index (χ2n) is 11.2. The maximum absolute atomic E-state index is 14.1. The minimum Gasteiger partial charge on any atom is -0.393 e. The van der Waals surface area contributed by atoms with Gasteiger partial charge in [-0.3, -0.25) is 4.99 Å². The number of benzene rings is 1. The van der Waals surface area contributed by atoms with E-state index in [0.717, 1.165) is 12.3 Å². The minimum atomic E-state index is -3.92. The van der Waals surface area contributed by atoms with E-state index in [1.54, 1.807) is 11.6 Å². The number of nitrogens with zero attached hydrogens (tertiary/aromatic N) is 6. The maximum atomic E-state index is 14.1. The summed E-state index contributed by atoms with van der Waals surface area (Å²) in [6.45, 7) is -2.66. The Bertz CT molecular complexity index is 1700. The SMILES string of the molecule is O=S(=O)(N[C@H]1CC2=C(c3ccn(C(F)F)n3)[C@H](c3ccc(F)cc3Cl)N=C(c3nccs3)N2C1)N1C2CC[C@H]1C[C@H](O)C2. The smallest absolute Gasteiger partial charge is 0.333 e. The van der Waals surface area contributed by atoms with Crippen LogP contribution in [0.25, 0.3) is 5.57 Å². The second kappa shape index (κ2) is 11.0. The standard InChI is InChI=1S/C27H27ClF3N7O3S2/c28-20-9-14(29)1-4-19(20)24-23(21-5-7-37(34-21)27(30)31)22-10-15(13-36(22)25(33-24)26-32-6-8-42-26)35-43(40,41)38-16-2-3-17(38)12-18(39)11-16/h1,4-9,15-18,24,27,35,39H,2-3,10-13H2/t15-,16-,17?,18-,24-/m0/s1. The molecule has 2 bridgehead atoms. The van der Waals surface area contributed by atoms with Crippen LogP contribution in [0.2, 0.25) is 5.02 Å². The van der Waals surface area contributed by atoms with Gasteiger partial charge in [-0.1, -0.05) is 17.7 Å². The van der Waals surface area contributed by atoms with Gasteiger partial charge in [0.25, 0.3) is 10.2 Å². The molecule has 0 amide bonds. The number of aromatic nitrogens is 3. The van der Waals surface area contributed by atoms with Crippen molar-refractivity contribution in [2.75, 3.05) is 6.54 Å². The number of hydrogen-bond donors (Lipinski definition) is 2. The Morgan fingerprint density at radius 1 is 1.16 bits per heavy atom. The van der Waals surface area contributed by atoms with Gasteiger partial charge in [-0.2, -0.15) is 31.3 Å². The summed E-state index contributed by atoms with van der Waals surface area (Å²) in [6.07, 6.45) is 4.68. The van der Waals surface area contributed by atoms with Crippen molar-refractivity contribution in [3.8, 4) is 0 Å². The molecule has 2 N–H and O–H groups in total. The average Bonchev–Trinajstić information content (AvgIpc) is 3.74. The summed E-state index contributed by atoms with van der Waals surface area (Å²) < 4.78 is 73.6. The first-order chi connectivity index (χ1) is 20.6. The quantitative estimate of drug-likeness (QED) is 0.392. The fraction of sp³-hybridized carbons (Fsp3) is 0.444. The maximum Gasteiger partial charge on any atom is 0.333 e. The third kappa shape index (κ3) is 5.19. The Morgan fingerprint density at radius 3 is 2.58 bits per heavy atom. The highest BCUT2D eigenvalue weighted by Crippen LogP contribution is 2.46. The van der Waals surface area contributed by atoms with Crippen molar-refractivity contribution in [3.63, 3.8) is 0 Å². The highest BCUT2D eigenvalue weighted by atomic mass is 35.5. The summed E-state index contributed by atoms with van der Waals surface area (Å²) in [5, 5.41) is 16.8. The van der Waals surface area contributed by atoms with Crippen LogP contribution >= 0.6 is 22.9 Å². The van der Waals surface area contributed by atoms with Crippen LogP contribution in [0.5, 0.6) is 0 Å². The van der Waals surface area contributed by atoms with Gasteiger partial charge in [0.2, 0.25) is 0 Å². The van der Waals surface area contributed by atoms with Crippen molar-refractivity contribution in [1.29, 1.82) is 0 Å². The van der Waals surface area contributed by atoms with Gasteiger partial charge in [-0.25, -0.2) is 14.1 Å². The molecule has 5 atom stereocenters. The summed E-state index contributed by atoms with van der Waals surface area (Å²) in [5.41, 5.74) is 1.77. The Kier molecular flexibility index (Phi) is 7.37. The van der Waals surface area contributed by atoms with Gasteiger partial charge >= 0.3 is 6.55 Å². The van der Waals surface area contributed by atoms with Crippen molar-refractivity contribution < 1.29 is 26.7 Å². The van der Waals surface area contributed by atoms with Gasteiger partial charge in [-0.05, 0) is 43.9 Å². The molecule has 3 aromatic rings. The predicted octanol–water partition coefficient (Wildman–Crippen LogP) is 4.34. The summed E-state index contributed by atoms with van der Waals surface area (Å²) in [6, 6.07) is 3.40. The number of halogens is 4. The summed E-state index contributed by atoms with van der Waals surface area (Å²) >= 11 is 7.86. The van der Waals surface area contributed by atoms with Gasteiger partial charge in [0.05, 0.1) is 11.8 Å². The van der Waals surface area contributed by atoms with Gasteiger partial charge in [0.1, 0.15) is 11.9 Å². The number of nitrogens with one attached hydrogen (secondary N) is 1. The zero-order chi connectivity index (χ0) is 30.0. The van der Waals surface area contributed by atoms with Crippen LogP contribution in [-0.2, 0) is 10.2 Å². The van der Waals surface area contributed by atoms with Crippen LogP contribution in [0.1, 0.15) is 61.0 Å².